The van der Waals surface area contributed by atoms with Crippen LogP contribution in [0.15, 0.2) is 0 Å². The van der Waals surface area contributed by atoms with Crippen LogP contribution in [0.25, 0.3) is 0 Å². The maximum Gasteiger partial charge on any atom is 0.228 e. The summed E-state index contributed by atoms with van der Waals surface area (Å²) < 4.78 is 1.90. The Morgan fingerprint density at radius 2 is 1.92 bits per heavy atom. The highest BCUT2D eigenvalue weighted by molar-refractivity contribution is 5.84. The van der Waals surface area contributed by atoms with Gasteiger partial charge < -0.3 is 9.80 Å². The summed E-state index contributed by atoms with van der Waals surface area (Å²) in [6.45, 7) is 5.37. The fraction of sp³-hybridized carbons (Fsp3) is 0.737. The number of hydrogen-bond acceptors (Lipinski definition) is 3. The Hall–Kier alpha value is -1.85. The van der Waals surface area contributed by atoms with Gasteiger partial charge in [-0.2, -0.15) is 5.10 Å². The van der Waals surface area contributed by atoms with Crippen LogP contribution in [0.4, 0.5) is 0 Å². The molecule has 2 heterocycles. The Balaban J connectivity index is 1.50. The number of amides is 2. The van der Waals surface area contributed by atoms with Crippen molar-refractivity contribution in [1.82, 2.24) is 19.6 Å². The average molecular weight is 344 g/mol. The van der Waals surface area contributed by atoms with E-state index in [1.165, 1.54) is 5.56 Å². The number of rotatable bonds is 5. The van der Waals surface area contributed by atoms with E-state index in [0.29, 0.717) is 38.0 Å². The minimum absolute atomic E-state index is 0.0313. The van der Waals surface area contributed by atoms with Crippen LogP contribution < -0.4 is 0 Å². The van der Waals surface area contributed by atoms with Crippen LogP contribution >= 0.6 is 0 Å². The lowest BCUT2D eigenvalue weighted by Gasteiger charge is -2.35. The van der Waals surface area contributed by atoms with Crippen LogP contribution in [0.1, 0.15) is 55.5 Å². The molecule has 3 fully saturated rings. The highest BCUT2D eigenvalue weighted by Gasteiger charge is 2.42. The summed E-state index contributed by atoms with van der Waals surface area (Å²) in [5.41, 5.74) is 3.32. The van der Waals surface area contributed by atoms with E-state index in [9.17, 15) is 9.59 Å². The second kappa shape index (κ2) is 6.15. The van der Waals surface area contributed by atoms with Crippen molar-refractivity contribution >= 4 is 11.8 Å². The SMILES string of the molecule is Cc1nn(C)c(C)c1CN(C(=O)[C@@H]1CCC(=O)N(C2CC2)C1)C1CC1. The van der Waals surface area contributed by atoms with Crippen molar-refractivity contribution in [2.75, 3.05) is 6.54 Å². The molecule has 0 spiro atoms. The van der Waals surface area contributed by atoms with E-state index in [1.54, 1.807) is 0 Å². The molecule has 2 saturated carbocycles. The molecule has 0 unspecified atom stereocenters. The fourth-order valence-corrected chi connectivity index (χ4v) is 4.04. The minimum atomic E-state index is -0.0313. The van der Waals surface area contributed by atoms with Crippen LogP contribution in [-0.4, -0.2) is 50.0 Å². The van der Waals surface area contributed by atoms with Gasteiger partial charge in [-0.25, -0.2) is 0 Å². The van der Waals surface area contributed by atoms with Gasteiger partial charge in [0.25, 0.3) is 0 Å². The number of aryl methyl sites for hydroxylation is 2. The molecule has 0 N–H and O–H groups in total. The van der Waals surface area contributed by atoms with Crippen molar-refractivity contribution in [2.24, 2.45) is 13.0 Å². The average Bonchev–Trinajstić information content (AvgIpc) is 3.46. The first-order chi connectivity index (χ1) is 12.0. The lowest BCUT2D eigenvalue weighted by atomic mass is 9.95. The molecule has 6 nitrogen and oxygen atoms in total. The summed E-state index contributed by atoms with van der Waals surface area (Å²) >= 11 is 0. The van der Waals surface area contributed by atoms with Crippen molar-refractivity contribution in [2.45, 2.75) is 71.0 Å². The van der Waals surface area contributed by atoms with Crippen LogP contribution in [0.3, 0.4) is 0 Å². The number of carbonyl (C=O) groups is 2. The first kappa shape index (κ1) is 16.6. The fourth-order valence-electron chi connectivity index (χ4n) is 4.04. The van der Waals surface area contributed by atoms with E-state index in [-0.39, 0.29) is 17.7 Å². The number of likely N-dealkylation sites (tertiary alicyclic amines) is 1. The maximum atomic E-state index is 13.3. The van der Waals surface area contributed by atoms with Crippen molar-refractivity contribution in [1.29, 1.82) is 0 Å². The van der Waals surface area contributed by atoms with E-state index in [1.807, 2.05) is 23.6 Å². The predicted molar refractivity (Wildman–Crippen MR) is 93.7 cm³/mol. The Bertz CT molecular complexity index is 703. The van der Waals surface area contributed by atoms with Crippen molar-refractivity contribution < 1.29 is 9.59 Å². The van der Waals surface area contributed by atoms with Crippen LogP contribution in [0, 0.1) is 19.8 Å². The molecular formula is C19H28N4O2. The van der Waals surface area contributed by atoms with Crippen LogP contribution in [0.2, 0.25) is 0 Å². The van der Waals surface area contributed by atoms with Gasteiger partial charge in [0.05, 0.1) is 11.6 Å². The smallest absolute Gasteiger partial charge is 0.228 e. The summed E-state index contributed by atoms with van der Waals surface area (Å²) in [5, 5.41) is 4.49. The number of aromatic nitrogens is 2. The summed E-state index contributed by atoms with van der Waals surface area (Å²) in [7, 11) is 1.95. The normalized spacial score (nSPS) is 23.9. The zero-order valence-corrected chi connectivity index (χ0v) is 15.5. The molecule has 1 saturated heterocycles. The van der Waals surface area contributed by atoms with E-state index < -0.39 is 0 Å². The van der Waals surface area contributed by atoms with E-state index in [0.717, 1.165) is 37.1 Å². The van der Waals surface area contributed by atoms with Gasteiger partial charge in [-0.15, -0.1) is 0 Å². The molecule has 4 rings (SSSR count). The van der Waals surface area contributed by atoms with Gasteiger partial charge >= 0.3 is 0 Å². The van der Waals surface area contributed by atoms with Crippen molar-refractivity contribution in [3.05, 3.63) is 17.0 Å². The molecule has 6 heteroatoms. The highest BCUT2D eigenvalue weighted by Crippen LogP contribution is 2.35. The first-order valence-electron chi connectivity index (χ1n) is 9.54. The molecule has 0 bridgehead atoms. The number of piperidine rings is 1. The van der Waals surface area contributed by atoms with Crippen LogP contribution in [-0.2, 0) is 23.2 Å². The summed E-state index contributed by atoms with van der Waals surface area (Å²) in [5.74, 6) is 0.447. The summed E-state index contributed by atoms with van der Waals surface area (Å²) in [6, 6.07) is 0.777. The summed E-state index contributed by atoms with van der Waals surface area (Å²) in [4.78, 5) is 29.4. The predicted octanol–water partition coefficient (Wildman–Crippen LogP) is 1.93. The van der Waals surface area contributed by atoms with E-state index >= 15 is 0 Å². The zero-order valence-electron chi connectivity index (χ0n) is 15.5. The molecule has 25 heavy (non-hydrogen) atoms. The van der Waals surface area contributed by atoms with Crippen molar-refractivity contribution in [3.8, 4) is 0 Å². The Kier molecular flexibility index (Phi) is 4.08. The molecule has 0 radical (unpaired) electrons. The van der Waals surface area contributed by atoms with Gasteiger partial charge in [0.2, 0.25) is 11.8 Å². The standard InChI is InChI=1S/C19H28N4O2/c1-12-17(13(2)21(3)20-12)11-23(16-7-8-16)19(25)14-4-9-18(24)22(10-14)15-5-6-15/h14-16H,4-11H2,1-3H3/t14-/m1/s1. The minimum Gasteiger partial charge on any atom is -0.339 e. The largest absolute Gasteiger partial charge is 0.339 e. The molecular weight excluding hydrogens is 316 g/mol. The van der Waals surface area contributed by atoms with Gasteiger partial charge in [0, 0.05) is 49.9 Å². The molecule has 1 aromatic rings. The highest BCUT2D eigenvalue weighted by atomic mass is 16.2. The molecule has 3 aliphatic rings. The van der Waals surface area contributed by atoms with Crippen molar-refractivity contribution in [3.63, 3.8) is 0 Å². The first-order valence-corrected chi connectivity index (χ1v) is 9.54. The Labute approximate surface area is 149 Å². The second-order valence-corrected chi connectivity index (χ2v) is 7.98. The summed E-state index contributed by atoms with van der Waals surface area (Å²) in [6.07, 6.45) is 5.63. The topological polar surface area (TPSA) is 58.4 Å². The maximum absolute atomic E-state index is 13.3. The third kappa shape index (κ3) is 3.18. The lowest BCUT2D eigenvalue weighted by molar-refractivity contribution is -0.144. The molecule has 1 atom stereocenters. The molecule has 1 aliphatic heterocycles. The number of carbonyl (C=O) groups excluding carboxylic acids is 2. The van der Waals surface area contributed by atoms with E-state index in [2.05, 4.69) is 16.9 Å². The number of nitrogens with zero attached hydrogens (tertiary/aromatic N) is 4. The molecule has 136 valence electrons. The molecule has 2 aliphatic carbocycles. The lowest BCUT2D eigenvalue weighted by Crippen LogP contribution is -2.48. The second-order valence-electron chi connectivity index (χ2n) is 7.98. The Morgan fingerprint density at radius 1 is 1.20 bits per heavy atom. The van der Waals surface area contributed by atoms with Gasteiger partial charge in [0.1, 0.15) is 0 Å². The van der Waals surface area contributed by atoms with E-state index in [4.69, 9.17) is 0 Å². The monoisotopic (exact) mass is 344 g/mol. The van der Waals surface area contributed by atoms with Gasteiger partial charge in [-0.1, -0.05) is 0 Å². The molecule has 0 aromatic carbocycles. The van der Waals surface area contributed by atoms with Gasteiger partial charge in [-0.05, 0) is 46.0 Å². The van der Waals surface area contributed by atoms with Gasteiger partial charge in [-0.3, -0.25) is 14.3 Å². The quantitative estimate of drug-likeness (QED) is 0.820. The number of hydrogen-bond donors (Lipinski definition) is 0. The Morgan fingerprint density at radius 3 is 2.48 bits per heavy atom. The third-order valence-corrected chi connectivity index (χ3v) is 6.04. The zero-order chi connectivity index (χ0) is 17.7. The van der Waals surface area contributed by atoms with Gasteiger partial charge in [0.15, 0.2) is 0 Å². The third-order valence-electron chi connectivity index (χ3n) is 6.04. The van der Waals surface area contributed by atoms with Crippen LogP contribution in [0.5, 0.6) is 0 Å². The molecule has 2 amide bonds. The molecule has 1 aromatic heterocycles.